The Hall–Kier alpha value is -2.66. The number of carbonyl (C=O) groups excluding carboxylic acids is 2. The van der Waals surface area contributed by atoms with Crippen LogP contribution in [0.15, 0.2) is 59.7 Å². The number of carbonyl (C=O) groups is 2. The zero-order valence-electron chi connectivity index (χ0n) is 12.5. The van der Waals surface area contributed by atoms with Crippen LogP contribution in [0.2, 0.25) is 5.02 Å². The maximum Gasteiger partial charge on any atom is 0.329 e. The van der Waals surface area contributed by atoms with Gasteiger partial charge in [-0.15, -0.1) is 0 Å². The van der Waals surface area contributed by atoms with E-state index in [0.29, 0.717) is 5.02 Å². The van der Waals surface area contributed by atoms with E-state index in [1.807, 2.05) is 30.3 Å². The summed E-state index contributed by atoms with van der Waals surface area (Å²) < 4.78 is 0. The van der Waals surface area contributed by atoms with Crippen LogP contribution >= 0.6 is 11.6 Å². The Morgan fingerprint density at radius 2 is 1.70 bits per heavy atom. The molecule has 0 aliphatic carbocycles. The van der Waals surface area contributed by atoms with E-state index in [1.165, 1.54) is 6.21 Å². The van der Waals surface area contributed by atoms with Crippen molar-refractivity contribution in [3.8, 4) is 0 Å². The first-order valence-electron chi connectivity index (χ1n) is 7.00. The predicted molar refractivity (Wildman–Crippen MR) is 90.2 cm³/mol. The summed E-state index contributed by atoms with van der Waals surface area (Å²) in [5, 5.41) is 6.97. The van der Waals surface area contributed by atoms with Crippen LogP contribution in [-0.4, -0.2) is 18.0 Å². The topological polar surface area (TPSA) is 70.6 Å². The molecule has 0 radical (unpaired) electrons. The molecule has 2 aromatic carbocycles. The van der Waals surface area contributed by atoms with Crippen LogP contribution in [0.25, 0.3) is 0 Å². The lowest BCUT2D eigenvalue weighted by Gasteiger charge is -2.13. The van der Waals surface area contributed by atoms with Crippen LogP contribution in [0.3, 0.4) is 0 Å². The predicted octanol–water partition coefficient (Wildman–Crippen LogP) is 2.67. The number of nitrogens with one attached hydrogen (secondary N) is 2. The van der Waals surface area contributed by atoms with Crippen LogP contribution in [-0.2, 0) is 9.59 Å². The highest BCUT2D eigenvalue weighted by atomic mass is 35.5. The Morgan fingerprint density at radius 1 is 1.04 bits per heavy atom. The third-order valence-electron chi connectivity index (χ3n) is 3.10. The van der Waals surface area contributed by atoms with Gasteiger partial charge in [-0.05, 0) is 30.2 Å². The van der Waals surface area contributed by atoms with Gasteiger partial charge in [-0.2, -0.15) is 5.10 Å². The Balaban J connectivity index is 1.85. The Bertz CT molecular complexity index is 700. The molecule has 0 aliphatic heterocycles. The number of hydrazone groups is 1. The molecule has 2 rings (SSSR count). The molecule has 0 saturated carbocycles. The lowest BCUT2D eigenvalue weighted by molar-refractivity contribution is -0.139. The van der Waals surface area contributed by atoms with Crippen LogP contribution in [0.1, 0.15) is 24.1 Å². The molecular formula is C17H16ClN3O2. The Labute approximate surface area is 139 Å². The summed E-state index contributed by atoms with van der Waals surface area (Å²) >= 11 is 5.77. The highest BCUT2D eigenvalue weighted by Crippen LogP contribution is 2.10. The number of amides is 2. The SMILES string of the molecule is CC(NC(=O)C(=O)N/N=C/c1ccc(Cl)cc1)c1ccccc1. The number of hydrogen-bond donors (Lipinski definition) is 2. The van der Waals surface area contributed by atoms with Gasteiger partial charge < -0.3 is 5.32 Å². The Morgan fingerprint density at radius 3 is 2.35 bits per heavy atom. The summed E-state index contributed by atoms with van der Waals surface area (Å²) in [6, 6.07) is 16.0. The van der Waals surface area contributed by atoms with E-state index >= 15 is 0 Å². The molecule has 1 atom stereocenters. The molecule has 118 valence electrons. The lowest BCUT2D eigenvalue weighted by Crippen LogP contribution is -2.39. The quantitative estimate of drug-likeness (QED) is 0.514. The fourth-order valence-electron chi connectivity index (χ4n) is 1.85. The fourth-order valence-corrected chi connectivity index (χ4v) is 1.98. The number of nitrogens with zero attached hydrogens (tertiary/aromatic N) is 1. The monoisotopic (exact) mass is 329 g/mol. The van der Waals surface area contributed by atoms with Crippen molar-refractivity contribution < 1.29 is 9.59 Å². The summed E-state index contributed by atoms with van der Waals surface area (Å²) in [7, 11) is 0. The molecule has 5 nitrogen and oxygen atoms in total. The van der Waals surface area contributed by atoms with E-state index in [0.717, 1.165) is 11.1 Å². The minimum atomic E-state index is -0.821. The zero-order chi connectivity index (χ0) is 16.7. The van der Waals surface area contributed by atoms with Crippen LogP contribution in [0, 0.1) is 0 Å². The molecule has 6 heteroatoms. The molecule has 0 heterocycles. The molecule has 0 saturated heterocycles. The molecule has 2 N–H and O–H groups in total. The van der Waals surface area contributed by atoms with E-state index in [1.54, 1.807) is 31.2 Å². The summed E-state index contributed by atoms with van der Waals surface area (Å²) in [5.41, 5.74) is 3.86. The van der Waals surface area contributed by atoms with Crippen molar-refractivity contribution in [1.29, 1.82) is 0 Å². The first-order valence-corrected chi connectivity index (χ1v) is 7.38. The second-order valence-corrected chi connectivity index (χ2v) is 5.29. The summed E-state index contributed by atoms with van der Waals surface area (Å²) in [6.07, 6.45) is 1.43. The van der Waals surface area contributed by atoms with E-state index in [2.05, 4.69) is 15.8 Å². The molecule has 1 unspecified atom stereocenters. The second-order valence-electron chi connectivity index (χ2n) is 4.86. The third kappa shape index (κ3) is 5.23. The first kappa shape index (κ1) is 16.7. The van der Waals surface area contributed by atoms with Crippen LogP contribution in [0.4, 0.5) is 0 Å². The van der Waals surface area contributed by atoms with Gasteiger partial charge in [0.2, 0.25) is 0 Å². The van der Waals surface area contributed by atoms with Crippen molar-refractivity contribution in [2.75, 3.05) is 0 Å². The highest BCUT2D eigenvalue weighted by molar-refractivity contribution is 6.35. The summed E-state index contributed by atoms with van der Waals surface area (Å²) in [4.78, 5) is 23.5. The minimum Gasteiger partial charge on any atom is -0.341 e. The van der Waals surface area contributed by atoms with E-state index in [-0.39, 0.29) is 6.04 Å². The highest BCUT2D eigenvalue weighted by Gasteiger charge is 2.16. The summed E-state index contributed by atoms with van der Waals surface area (Å²) in [5.74, 6) is -1.56. The average molecular weight is 330 g/mol. The van der Waals surface area contributed by atoms with E-state index in [4.69, 9.17) is 11.6 Å². The normalized spacial score (nSPS) is 11.9. The molecule has 0 bridgehead atoms. The van der Waals surface area contributed by atoms with Gasteiger partial charge in [-0.1, -0.05) is 54.1 Å². The number of halogens is 1. The van der Waals surface area contributed by atoms with Gasteiger partial charge in [-0.25, -0.2) is 5.43 Å². The third-order valence-corrected chi connectivity index (χ3v) is 3.36. The minimum absolute atomic E-state index is 0.269. The average Bonchev–Trinajstić information content (AvgIpc) is 2.57. The van der Waals surface area contributed by atoms with Gasteiger partial charge >= 0.3 is 11.8 Å². The van der Waals surface area contributed by atoms with Crippen molar-refractivity contribution in [2.24, 2.45) is 5.10 Å². The van der Waals surface area contributed by atoms with Gasteiger partial charge in [0.1, 0.15) is 0 Å². The molecule has 2 amide bonds. The van der Waals surface area contributed by atoms with Crippen molar-refractivity contribution in [2.45, 2.75) is 13.0 Å². The molecular weight excluding hydrogens is 314 g/mol. The number of rotatable bonds is 4. The standard InChI is InChI=1S/C17H16ClN3O2/c1-12(14-5-3-2-4-6-14)20-16(22)17(23)21-19-11-13-7-9-15(18)10-8-13/h2-12H,1H3,(H,20,22)(H,21,23)/b19-11+. The fraction of sp³-hybridized carbons (Fsp3) is 0.118. The molecule has 23 heavy (non-hydrogen) atoms. The van der Waals surface area contributed by atoms with Crippen molar-refractivity contribution in [3.05, 3.63) is 70.7 Å². The van der Waals surface area contributed by atoms with Crippen molar-refractivity contribution in [3.63, 3.8) is 0 Å². The Kier molecular flexibility index (Phi) is 5.88. The lowest BCUT2D eigenvalue weighted by atomic mass is 10.1. The molecule has 0 fully saturated rings. The van der Waals surface area contributed by atoms with E-state index in [9.17, 15) is 9.59 Å². The van der Waals surface area contributed by atoms with Crippen LogP contribution < -0.4 is 10.7 Å². The zero-order valence-corrected chi connectivity index (χ0v) is 13.2. The maximum absolute atomic E-state index is 11.8. The van der Waals surface area contributed by atoms with Crippen molar-refractivity contribution in [1.82, 2.24) is 10.7 Å². The summed E-state index contributed by atoms with van der Waals surface area (Å²) in [6.45, 7) is 1.80. The van der Waals surface area contributed by atoms with Crippen LogP contribution in [0.5, 0.6) is 0 Å². The van der Waals surface area contributed by atoms with Gasteiger partial charge in [0.25, 0.3) is 0 Å². The number of hydrogen-bond acceptors (Lipinski definition) is 3. The van der Waals surface area contributed by atoms with Gasteiger partial charge in [0.05, 0.1) is 12.3 Å². The largest absolute Gasteiger partial charge is 0.341 e. The first-order chi connectivity index (χ1) is 11.1. The molecule has 0 spiro atoms. The van der Waals surface area contributed by atoms with Gasteiger partial charge in [0.15, 0.2) is 0 Å². The second kappa shape index (κ2) is 8.10. The van der Waals surface area contributed by atoms with Gasteiger partial charge in [0, 0.05) is 5.02 Å². The van der Waals surface area contributed by atoms with Gasteiger partial charge in [-0.3, -0.25) is 9.59 Å². The maximum atomic E-state index is 11.8. The smallest absolute Gasteiger partial charge is 0.329 e. The molecule has 0 aliphatic rings. The van der Waals surface area contributed by atoms with Crippen molar-refractivity contribution >= 4 is 29.6 Å². The van der Waals surface area contributed by atoms with E-state index < -0.39 is 11.8 Å². The number of benzene rings is 2. The molecule has 2 aromatic rings. The molecule has 0 aromatic heterocycles.